The van der Waals surface area contributed by atoms with Crippen LogP contribution < -0.4 is 4.74 Å². The Morgan fingerprint density at radius 1 is 1.10 bits per heavy atom. The van der Waals surface area contributed by atoms with Crippen molar-refractivity contribution in [3.05, 3.63) is 64.7 Å². The number of benzene rings is 2. The number of likely N-dealkylation sites (N-methyl/N-ethyl adjacent to an activating group) is 1. The van der Waals surface area contributed by atoms with E-state index in [2.05, 4.69) is 16.7 Å². The highest BCUT2D eigenvalue weighted by atomic mass is 35.5. The molecule has 2 aromatic carbocycles. The number of nitrogens with zero attached hydrogens (tertiary/aromatic N) is 4. The number of piperazine rings is 1. The summed E-state index contributed by atoms with van der Waals surface area (Å²) in [5, 5.41) is 7.14. The molecular formula is C24H29ClN4O2. The quantitative estimate of drug-likeness (QED) is 0.687. The van der Waals surface area contributed by atoms with Crippen LogP contribution in [0.3, 0.4) is 0 Å². The Morgan fingerprint density at radius 3 is 2.48 bits per heavy atom. The van der Waals surface area contributed by atoms with E-state index in [1.165, 1.54) is 0 Å². The second-order valence-corrected chi connectivity index (χ2v) is 8.44. The first kappa shape index (κ1) is 21.8. The van der Waals surface area contributed by atoms with Crippen LogP contribution in [0, 0.1) is 0 Å². The Bertz CT molecular complexity index is 939. The maximum atomic E-state index is 13.3. The lowest BCUT2D eigenvalue weighted by Gasteiger charge is -2.34. The second kappa shape index (κ2) is 9.81. The molecule has 2 aliphatic heterocycles. The first-order valence-electron chi connectivity index (χ1n) is 10.8. The zero-order valence-electron chi connectivity index (χ0n) is 18.1. The van der Waals surface area contributed by atoms with Crippen molar-refractivity contribution in [2.24, 2.45) is 5.10 Å². The minimum atomic E-state index is -0.136. The monoisotopic (exact) mass is 440 g/mol. The molecule has 2 aromatic rings. The van der Waals surface area contributed by atoms with Crippen LogP contribution in [0.1, 0.15) is 30.5 Å². The van der Waals surface area contributed by atoms with Crippen LogP contribution in [0.25, 0.3) is 0 Å². The molecule has 7 heteroatoms. The van der Waals surface area contributed by atoms with Crippen molar-refractivity contribution in [1.29, 1.82) is 0 Å². The highest BCUT2D eigenvalue weighted by molar-refractivity contribution is 6.30. The zero-order valence-corrected chi connectivity index (χ0v) is 18.9. The van der Waals surface area contributed by atoms with E-state index in [9.17, 15) is 4.79 Å². The molecule has 0 bridgehead atoms. The van der Waals surface area contributed by atoms with E-state index < -0.39 is 0 Å². The van der Waals surface area contributed by atoms with Gasteiger partial charge in [-0.2, -0.15) is 5.10 Å². The van der Waals surface area contributed by atoms with Crippen LogP contribution in [0.2, 0.25) is 5.02 Å². The molecule has 1 unspecified atom stereocenters. The second-order valence-electron chi connectivity index (χ2n) is 8.00. The van der Waals surface area contributed by atoms with E-state index in [-0.39, 0.29) is 11.9 Å². The molecule has 1 atom stereocenters. The Kier molecular flexibility index (Phi) is 6.90. The molecule has 2 heterocycles. The topological polar surface area (TPSA) is 48.4 Å². The van der Waals surface area contributed by atoms with Crippen molar-refractivity contribution < 1.29 is 9.53 Å². The fraction of sp³-hybridized carbons (Fsp3) is 0.417. The Morgan fingerprint density at radius 2 is 1.81 bits per heavy atom. The van der Waals surface area contributed by atoms with Gasteiger partial charge >= 0.3 is 0 Å². The van der Waals surface area contributed by atoms with E-state index in [0.717, 1.165) is 55.3 Å². The molecule has 1 amide bonds. The van der Waals surface area contributed by atoms with Gasteiger partial charge in [-0.05, 0) is 36.4 Å². The normalized spacial score (nSPS) is 20.0. The third kappa shape index (κ3) is 5.09. The molecule has 164 valence electrons. The fourth-order valence-corrected chi connectivity index (χ4v) is 4.32. The smallest absolute Gasteiger partial charge is 0.257 e. The summed E-state index contributed by atoms with van der Waals surface area (Å²) in [5.41, 5.74) is 2.91. The van der Waals surface area contributed by atoms with Gasteiger partial charge < -0.3 is 9.64 Å². The van der Waals surface area contributed by atoms with Crippen molar-refractivity contribution in [1.82, 2.24) is 14.8 Å². The van der Waals surface area contributed by atoms with Gasteiger partial charge in [0.15, 0.2) is 0 Å². The summed E-state index contributed by atoms with van der Waals surface area (Å²) >= 11 is 6.09. The van der Waals surface area contributed by atoms with Crippen molar-refractivity contribution in [2.75, 3.05) is 46.4 Å². The van der Waals surface area contributed by atoms with Gasteiger partial charge in [0.1, 0.15) is 5.75 Å². The molecule has 0 aromatic heterocycles. The summed E-state index contributed by atoms with van der Waals surface area (Å²) < 4.78 is 5.37. The van der Waals surface area contributed by atoms with E-state index in [1.807, 2.05) is 48.5 Å². The summed E-state index contributed by atoms with van der Waals surface area (Å²) in [6, 6.07) is 15.4. The molecule has 2 aliphatic rings. The molecule has 0 radical (unpaired) electrons. The lowest BCUT2D eigenvalue weighted by atomic mass is 9.98. The molecule has 6 nitrogen and oxygen atoms in total. The number of amides is 1. The van der Waals surface area contributed by atoms with Gasteiger partial charge in [-0.1, -0.05) is 42.8 Å². The van der Waals surface area contributed by atoms with Gasteiger partial charge in [-0.3, -0.25) is 9.69 Å². The predicted octanol–water partition coefficient (Wildman–Crippen LogP) is 3.66. The summed E-state index contributed by atoms with van der Waals surface area (Å²) in [6.45, 7) is 7.44. The third-order valence-electron chi connectivity index (χ3n) is 6.09. The average molecular weight is 441 g/mol. The minimum Gasteiger partial charge on any atom is -0.497 e. The Labute approximate surface area is 189 Å². The summed E-state index contributed by atoms with van der Waals surface area (Å²) in [7, 11) is 1.65. The number of hydrogen-bond donors (Lipinski definition) is 0. The third-order valence-corrected chi connectivity index (χ3v) is 6.35. The predicted molar refractivity (Wildman–Crippen MR) is 124 cm³/mol. The minimum absolute atomic E-state index is 0.0304. The van der Waals surface area contributed by atoms with Crippen LogP contribution in [0.15, 0.2) is 53.6 Å². The molecule has 1 fully saturated rings. The first-order valence-corrected chi connectivity index (χ1v) is 11.2. The zero-order chi connectivity index (χ0) is 21.8. The Hall–Kier alpha value is -2.41. The van der Waals surface area contributed by atoms with Crippen molar-refractivity contribution in [3.8, 4) is 5.75 Å². The van der Waals surface area contributed by atoms with Crippen molar-refractivity contribution >= 4 is 23.2 Å². The maximum Gasteiger partial charge on any atom is 0.257 e. The van der Waals surface area contributed by atoms with Crippen LogP contribution >= 0.6 is 11.6 Å². The highest BCUT2D eigenvalue weighted by Gasteiger charge is 2.34. The van der Waals surface area contributed by atoms with Gasteiger partial charge in [0.2, 0.25) is 0 Å². The maximum absolute atomic E-state index is 13.3. The molecule has 4 rings (SSSR count). The summed E-state index contributed by atoms with van der Waals surface area (Å²) in [6.07, 6.45) is 0.657. The fourth-order valence-electron chi connectivity index (χ4n) is 4.19. The molecule has 31 heavy (non-hydrogen) atoms. The lowest BCUT2D eigenvalue weighted by molar-refractivity contribution is -0.134. The molecule has 0 saturated carbocycles. The molecule has 1 saturated heterocycles. The van der Waals surface area contributed by atoms with Crippen LogP contribution in [0.5, 0.6) is 5.75 Å². The van der Waals surface area contributed by atoms with Crippen LogP contribution in [-0.2, 0) is 4.79 Å². The van der Waals surface area contributed by atoms with Crippen LogP contribution in [-0.4, -0.2) is 72.8 Å². The van der Waals surface area contributed by atoms with Crippen LogP contribution in [0.4, 0.5) is 0 Å². The summed E-state index contributed by atoms with van der Waals surface area (Å²) in [4.78, 5) is 18.0. The molecule has 0 N–H and O–H groups in total. The number of hydrogen-bond acceptors (Lipinski definition) is 5. The number of carbonyl (C=O) groups excluding carboxylic acids is 1. The van der Waals surface area contributed by atoms with E-state index in [1.54, 1.807) is 12.1 Å². The van der Waals surface area contributed by atoms with Crippen molar-refractivity contribution in [2.45, 2.75) is 19.4 Å². The van der Waals surface area contributed by atoms with Crippen molar-refractivity contribution in [3.63, 3.8) is 0 Å². The van der Waals surface area contributed by atoms with Gasteiger partial charge in [-0.15, -0.1) is 0 Å². The number of rotatable bonds is 6. The van der Waals surface area contributed by atoms with E-state index in [0.29, 0.717) is 18.0 Å². The van der Waals surface area contributed by atoms with Gasteiger partial charge in [0.05, 0.1) is 25.4 Å². The average Bonchev–Trinajstić information content (AvgIpc) is 3.26. The SMILES string of the molecule is CCN1CCN(CC(=O)N2N=C(c3cccc(OC)c3)CC2c2ccc(Cl)cc2)CC1. The first-order chi connectivity index (χ1) is 15.1. The standard InChI is InChI=1S/C24H29ClN4O2/c1-3-27-11-13-28(14-12-27)17-24(30)29-23(18-7-9-20(25)10-8-18)16-22(26-29)19-5-4-6-21(15-19)31-2/h4-10,15,23H,3,11-14,16-17H2,1-2H3. The Balaban J connectivity index is 1.56. The number of ether oxygens (including phenoxy) is 1. The van der Waals surface area contributed by atoms with Gasteiger partial charge in [-0.25, -0.2) is 5.01 Å². The number of methoxy groups -OCH3 is 1. The van der Waals surface area contributed by atoms with Gasteiger partial charge in [0, 0.05) is 43.2 Å². The highest BCUT2D eigenvalue weighted by Crippen LogP contribution is 2.34. The number of halogens is 1. The molecule has 0 spiro atoms. The van der Waals surface area contributed by atoms with Gasteiger partial charge in [0.25, 0.3) is 5.91 Å². The lowest BCUT2D eigenvalue weighted by Crippen LogP contribution is -2.49. The molecular weight excluding hydrogens is 412 g/mol. The summed E-state index contributed by atoms with van der Waals surface area (Å²) in [5.74, 6) is 0.810. The largest absolute Gasteiger partial charge is 0.497 e. The van der Waals surface area contributed by atoms with E-state index in [4.69, 9.17) is 21.4 Å². The van der Waals surface area contributed by atoms with E-state index >= 15 is 0 Å². The number of hydrazone groups is 1. The molecule has 0 aliphatic carbocycles. The number of carbonyl (C=O) groups is 1.